The molecule has 1 unspecified atom stereocenters. The van der Waals surface area contributed by atoms with Gasteiger partial charge in [-0.15, -0.1) is 0 Å². The molecule has 88 valence electrons. The standard InChI is InChI=1S/C12H24N2O/c1-4-7-12(2,3)14-11(15)8-10(13)9-5-6-9/h9-10H,4-8,13H2,1-3H3,(H,14,15). The summed E-state index contributed by atoms with van der Waals surface area (Å²) < 4.78 is 0. The van der Waals surface area contributed by atoms with Gasteiger partial charge in [-0.3, -0.25) is 4.79 Å². The number of amides is 1. The number of nitrogens with two attached hydrogens (primary N) is 1. The first-order valence-corrected chi connectivity index (χ1v) is 6.01. The Morgan fingerprint density at radius 1 is 1.53 bits per heavy atom. The molecule has 1 atom stereocenters. The second-order valence-corrected chi connectivity index (χ2v) is 5.39. The Hall–Kier alpha value is -0.570. The van der Waals surface area contributed by atoms with Gasteiger partial charge in [-0.2, -0.15) is 0 Å². The van der Waals surface area contributed by atoms with Gasteiger partial charge in [0.2, 0.25) is 5.91 Å². The predicted molar refractivity (Wildman–Crippen MR) is 62.4 cm³/mol. The molecule has 0 radical (unpaired) electrons. The molecule has 0 aromatic carbocycles. The monoisotopic (exact) mass is 212 g/mol. The quantitative estimate of drug-likeness (QED) is 0.705. The Morgan fingerprint density at radius 2 is 2.13 bits per heavy atom. The maximum atomic E-state index is 11.7. The fourth-order valence-corrected chi connectivity index (χ4v) is 2.02. The number of hydrogen-bond acceptors (Lipinski definition) is 2. The van der Waals surface area contributed by atoms with Crippen LogP contribution in [0.3, 0.4) is 0 Å². The summed E-state index contributed by atoms with van der Waals surface area (Å²) in [4.78, 5) is 11.7. The summed E-state index contributed by atoms with van der Waals surface area (Å²) in [5.74, 6) is 0.706. The minimum Gasteiger partial charge on any atom is -0.351 e. The van der Waals surface area contributed by atoms with Gasteiger partial charge >= 0.3 is 0 Å². The van der Waals surface area contributed by atoms with Gasteiger partial charge < -0.3 is 11.1 Å². The molecule has 15 heavy (non-hydrogen) atoms. The van der Waals surface area contributed by atoms with Crippen molar-refractivity contribution >= 4 is 5.91 Å². The van der Waals surface area contributed by atoms with Crippen LogP contribution in [0.25, 0.3) is 0 Å². The van der Waals surface area contributed by atoms with E-state index in [1.165, 1.54) is 12.8 Å². The van der Waals surface area contributed by atoms with Crippen molar-refractivity contribution in [3.8, 4) is 0 Å². The van der Waals surface area contributed by atoms with Gasteiger partial charge in [-0.1, -0.05) is 13.3 Å². The first kappa shape index (κ1) is 12.5. The lowest BCUT2D eigenvalue weighted by Gasteiger charge is -2.26. The van der Waals surface area contributed by atoms with Crippen LogP contribution in [0, 0.1) is 5.92 Å². The van der Waals surface area contributed by atoms with Gasteiger partial charge in [-0.25, -0.2) is 0 Å². The van der Waals surface area contributed by atoms with E-state index in [9.17, 15) is 4.79 Å². The van der Waals surface area contributed by atoms with Crippen LogP contribution in [0.15, 0.2) is 0 Å². The van der Waals surface area contributed by atoms with Crippen molar-refractivity contribution in [2.45, 2.75) is 64.5 Å². The highest BCUT2D eigenvalue weighted by Gasteiger charge is 2.30. The second kappa shape index (κ2) is 4.97. The van der Waals surface area contributed by atoms with E-state index in [0.29, 0.717) is 12.3 Å². The number of rotatable bonds is 6. The average Bonchev–Trinajstić information content (AvgIpc) is 2.82. The number of carbonyl (C=O) groups excluding carboxylic acids is 1. The molecule has 0 spiro atoms. The Kier molecular flexibility index (Phi) is 4.14. The smallest absolute Gasteiger partial charge is 0.221 e. The van der Waals surface area contributed by atoms with Crippen LogP contribution >= 0.6 is 0 Å². The maximum absolute atomic E-state index is 11.7. The fraction of sp³-hybridized carbons (Fsp3) is 0.917. The van der Waals surface area contributed by atoms with Crippen molar-refractivity contribution in [3.63, 3.8) is 0 Å². The van der Waals surface area contributed by atoms with Gasteiger partial charge in [0, 0.05) is 18.0 Å². The van der Waals surface area contributed by atoms with Crippen molar-refractivity contribution in [1.29, 1.82) is 0 Å². The highest BCUT2D eigenvalue weighted by Crippen LogP contribution is 2.32. The Bertz CT molecular complexity index is 222. The summed E-state index contributed by atoms with van der Waals surface area (Å²) in [5, 5.41) is 3.05. The highest BCUT2D eigenvalue weighted by molar-refractivity contribution is 5.77. The van der Waals surface area contributed by atoms with Gasteiger partial charge in [-0.05, 0) is 39.0 Å². The molecule has 3 N–H and O–H groups in total. The first-order valence-electron chi connectivity index (χ1n) is 6.01. The molecule has 0 aliphatic heterocycles. The van der Waals surface area contributed by atoms with Crippen LogP contribution in [0.1, 0.15) is 52.9 Å². The van der Waals surface area contributed by atoms with Gasteiger partial charge in [0.05, 0.1) is 0 Å². The van der Waals surface area contributed by atoms with Crippen molar-refractivity contribution in [2.24, 2.45) is 11.7 Å². The third kappa shape index (κ3) is 4.65. The second-order valence-electron chi connectivity index (χ2n) is 5.39. The van der Waals surface area contributed by atoms with Crippen LogP contribution < -0.4 is 11.1 Å². The lowest BCUT2D eigenvalue weighted by molar-refractivity contribution is -0.123. The Balaban J connectivity index is 2.27. The lowest BCUT2D eigenvalue weighted by Crippen LogP contribution is -2.45. The molecular weight excluding hydrogens is 188 g/mol. The van der Waals surface area contributed by atoms with E-state index in [0.717, 1.165) is 12.8 Å². The zero-order valence-corrected chi connectivity index (χ0v) is 10.2. The van der Waals surface area contributed by atoms with Crippen molar-refractivity contribution in [2.75, 3.05) is 0 Å². The van der Waals surface area contributed by atoms with E-state index >= 15 is 0 Å². The number of nitrogens with one attached hydrogen (secondary N) is 1. The molecular formula is C12H24N2O. The van der Waals surface area contributed by atoms with Crippen LogP contribution in [0.4, 0.5) is 0 Å². The van der Waals surface area contributed by atoms with Gasteiger partial charge in [0.25, 0.3) is 0 Å². The van der Waals surface area contributed by atoms with E-state index in [4.69, 9.17) is 5.73 Å². The van der Waals surface area contributed by atoms with Crippen LogP contribution in [0.5, 0.6) is 0 Å². The first-order chi connectivity index (χ1) is 6.94. The van der Waals surface area contributed by atoms with Gasteiger partial charge in [0.15, 0.2) is 0 Å². The van der Waals surface area contributed by atoms with E-state index < -0.39 is 0 Å². The minimum atomic E-state index is -0.0882. The zero-order chi connectivity index (χ0) is 11.5. The van der Waals surface area contributed by atoms with Crippen molar-refractivity contribution < 1.29 is 4.79 Å². The molecule has 0 saturated heterocycles. The molecule has 0 aromatic heterocycles. The van der Waals surface area contributed by atoms with Crippen LogP contribution in [-0.4, -0.2) is 17.5 Å². The van der Waals surface area contributed by atoms with Crippen molar-refractivity contribution in [1.82, 2.24) is 5.32 Å². The molecule has 1 rings (SSSR count). The Labute approximate surface area is 92.8 Å². The summed E-state index contributed by atoms with van der Waals surface area (Å²) in [6.45, 7) is 6.26. The third-order valence-electron chi connectivity index (χ3n) is 3.00. The van der Waals surface area contributed by atoms with E-state index in [1.54, 1.807) is 0 Å². The molecule has 0 heterocycles. The SMILES string of the molecule is CCCC(C)(C)NC(=O)CC(N)C1CC1. The number of carbonyl (C=O) groups is 1. The molecule has 0 aromatic rings. The van der Waals surface area contributed by atoms with E-state index in [-0.39, 0.29) is 17.5 Å². The molecule has 1 fully saturated rings. The highest BCUT2D eigenvalue weighted by atomic mass is 16.1. The minimum absolute atomic E-state index is 0.0717. The maximum Gasteiger partial charge on any atom is 0.221 e. The molecule has 1 aliphatic carbocycles. The molecule has 1 aliphatic rings. The summed E-state index contributed by atoms with van der Waals surface area (Å²) in [7, 11) is 0. The fourth-order valence-electron chi connectivity index (χ4n) is 2.02. The molecule has 1 saturated carbocycles. The summed E-state index contributed by atoms with van der Waals surface area (Å²) >= 11 is 0. The molecule has 3 heteroatoms. The van der Waals surface area contributed by atoms with Crippen molar-refractivity contribution in [3.05, 3.63) is 0 Å². The topological polar surface area (TPSA) is 55.1 Å². The summed E-state index contributed by atoms with van der Waals surface area (Å²) in [6.07, 6.45) is 4.98. The largest absolute Gasteiger partial charge is 0.351 e. The van der Waals surface area contributed by atoms with Crippen LogP contribution in [0.2, 0.25) is 0 Å². The van der Waals surface area contributed by atoms with E-state index in [2.05, 4.69) is 26.1 Å². The Morgan fingerprint density at radius 3 is 2.60 bits per heavy atom. The predicted octanol–water partition coefficient (Wildman–Crippen LogP) is 1.81. The molecule has 1 amide bonds. The molecule has 0 bridgehead atoms. The zero-order valence-electron chi connectivity index (χ0n) is 10.2. The average molecular weight is 212 g/mol. The normalized spacial score (nSPS) is 18.7. The van der Waals surface area contributed by atoms with Crippen LogP contribution in [-0.2, 0) is 4.79 Å². The molecule has 3 nitrogen and oxygen atoms in total. The number of hydrogen-bond donors (Lipinski definition) is 2. The summed E-state index contributed by atoms with van der Waals surface area (Å²) in [6, 6.07) is 0.0717. The van der Waals surface area contributed by atoms with E-state index in [1.807, 2.05) is 0 Å². The lowest BCUT2D eigenvalue weighted by atomic mass is 9.98. The summed E-state index contributed by atoms with van der Waals surface area (Å²) in [5.41, 5.74) is 5.82. The van der Waals surface area contributed by atoms with Gasteiger partial charge in [0.1, 0.15) is 0 Å². The third-order valence-corrected chi connectivity index (χ3v) is 3.00.